The van der Waals surface area contributed by atoms with E-state index >= 15 is 0 Å². The highest BCUT2D eigenvalue weighted by Gasteiger charge is 2.82. The maximum atomic E-state index is 11.7. The van der Waals surface area contributed by atoms with Crippen molar-refractivity contribution in [1.82, 2.24) is 0 Å². The summed E-state index contributed by atoms with van der Waals surface area (Å²) in [5, 5.41) is 0. The summed E-state index contributed by atoms with van der Waals surface area (Å²) >= 11 is 0. The molecular weight excluding hydrogens is 212 g/mol. The van der Waals surface area contributed by atoms with Crippen LogP contribution in [0.2, 0.25) is 0 Å². The maximum Gasteiger partial charge on any atom is 0.133 e. The van der Waals surface area contributed by atoms with Crippen molar-refractivity contribution in [3.63, 3.8) is 0 Å². The second-order valence-corrected chi connectivity index (χ2v) is 7.70. The molecule has 5 rings (SSSR count). The Morgan fingerprint density at radius 2 is 1.76 bits per heavy atom. The van der Waals surface area contributed by atoms with Gasteiger partial charge in [0.2, 0.25) is 0 Å². The normalized spacial score (nSPS) is 57.6. The number of ketones is 1. The Hall–Kier alpha value is -0.370. The molecule has 0 amide bonds. The van der Waals surface area contributed by atoms with E-state index in [1.807, 2.05) is 0 Å². The molecule has 0 aliphatic heterocycles. The molecular formula is C15H22O2. The number of rotatable bonds is 2. The fourth-order valence-electron chi connectivity index (χ4n) is 5.73. The molecule has 8 atom stereocenters. The minimum absolute atomic E-state index is 0.0273. The molecule has 0 aromatic rings. The smallest absolute Gasteiger partial charge is 0.133 e. The summed E-state index contributed by atoms with van der Waals surface area (Å²) in [6.07, 6.45) is 1.65. The fraction of sp³-hybridized carbons (Fsp3) is 0.933. The van der Waals surface area contributed by atoms with Crippen LogP contribution in [-0.4, -0.2) is 17.5 Å². The predicted octanol–water partition coefficient (Wildman–Crippen LogP) is 2.52. The van der Waals surface area contributed by atoms with Gasteiger partial charge < -0.3 is 4.74 Å². The molecule has 5 saturated carbocycles. The Morgan fingerprint density at radius 1 is 1.06 bits per heavy atom. The predicted molar refractivity (Wildman–Crippen MR) is 64.4 cm³/mol. The molecule has 5 fully saturated rings. The average molecular weight is 234 g/mol. The Morgan fingerprint density at radius 3 is 2.29 bits per heavy atom. The Labute approximate surface area is 103 Å². The summed E-state index contributed by atoms with van der Waals surface area (Å²) in [5.41, 5.74) is -0.0273. The number of hydrogen-bond acceptors (Lipinski definition) is 2. The molecule has 0 aromatic heterocycles. The van der Waals surface area contributed by atoms with Crippen molar-refractivity contribution < 1.29 is 9.53 Å². The Balaban J connectivity index is 1.61. The van der Waals surface area contributed by atoms with Gasteiger partial charge in [-0.3, -0.25) is 4.79 Å². The van der Waals surface area contributed by atoms with Gasteiger partial charge in [-0.05, 0) is 69.6 Å². The molecule has 2 nitrogen and oxygen atoms in total. The Kier molecular flexibility index (Phi) is 1.73. The zero-order valence-corrected chi connectivity index (χ0v) is 11.1. The summed E-state index contributed by atoms with van der Waals surface area (Å²) in [7, 11) is 0. The largest absolute Gasteiger partial charge is 0.372 e. The van der Waals surface area contributed by atoms with E-state index in [9.17, 15) is 4.79 Å². The van der Waals surface area contributed by atoms with Crippen LogP contribution in [0, 0.1) is 41.4 Å². The van der Waals surface area contributed by atoms with Crippen LogP contribution in [0.3, 0.4) is 0 Å². The van der Waals surface area contributed by atoms with Gasteiger partial charge in [0, 0.05) is 5.92 Å². The van der Waals surface area contributed by atoms with E-state index in [4.69, 9.17) is 4.74 Å². The zero-order chi connectivity index (χ0) is 12.1. The standard InChI is InChI=1S/C15H22O2/c1-6(16)7-5-8-10-12-9(7)11(8)14(13(10)12)17-15(2,3)4/h7-14H,5H2,1-4H3/t7-,8-,9-,10-,11+,12+,13-,14+/m0/s1. The van der Waals surface area contributed by atoms with E-state index in [0.29, 0.717) is 23.7 Å². The van der Waals surface area contributed by atoms with Crippen LogP contribution < -0.4 is 0 Å². The lowest BCUT2D eigenvalue weighted by Gasteiger charge is -2.28. The first-order chi connectivity index (χ1) is 7.90. The van der Waals surface area contributed by atoms with Crippen molar-refractivity contribution in [2.45, 2.75) is 45.8 Å². The fourth-order valence-corrected chi connectivity index (χ4v) is 5.73. The second-order valence-electron chi connectivity index (χ2n) is 7.70. The number of Topliss-reactive ketones (excluding diaryl/α,β-unsaturated/α-hetero) is 1. The lowest BCUT2D eigenvalue weighted by Crippen LogP contribution is -2.31. The Bertz CT molecular complexity index is 394. The van der Waals surface area contributed by atoms with Gasteiger partial charge in [-0.25, -0.2) is 0 Å². The molecule has 94 valence electrons. The van der Waals surface area contributed by atoms with Crippen molar-refractivity contribution in [2.75, 3.05) is 0 Å². The van der Waals surface area contributed by atoms with E-state index in [0.717, 1.165) is 29.6 Å². The van der Waals surface area contributed by atoms with E-state index in [1.54, 1.807) is 6.92 Å². The highest BCUT2D eigenvalue weighted by Crippen LogP contribution is 2.82. The van der Waals surface area contributed by atoms with Gasteiger partial charge in [0.1, 0.15) is 5.78 Å². The van der Waals surface area contributed by atoms with Crippen molar-refractivity contribution >= 4 is 5.78 Å². The van der Waals surface area contributed by atoms with E-state index < -0.39 is 0 Å². The van der Waals surface area contributed by atoms with Gasteiger partial charge in [-0.2, -0.15) is 0 Å². The van der Waals surface area contributed by atoms with Gasteiger partial charge in [0.25, 0.3) is 0 Å². The first-order valence-corrected chi connectivity index (χ1v) is 7.08. The molecule has 5 aliphatic rings. The first-order valence-electron chi connectivity index (χ1n) is 7.08. The monoisotopic (exact) mass is 234 g/mol. The van der Waals surface area contributed by atoms with Gasteiger partial charge in [0.05, 0.1) is 11.7 Å². The summed E-state index contributed by atoms with van der Waals surface area (Å²) in [4.78, 5) is 11.7. The van der Waals surface area contributed by atoms with Crippen molar-refractivity contribution in [3.05, 3.63) is 0 Å². The van der Waals surface area contributed by atoms with E-state index in [2.05, 4.69) is 20.8 Å². The molecule has 5 aliphatic carbocycles. The third kappa shape index (κ3) is 1.13. The molecule has 0 heterocycles. The SMILES string of the molecule is CC(=O)[C@@H]1C[C@H]2[C@@H]3[C@@H]4[C@H](OC(C)(C)C)[C@H]2[C@H]1[C@H]34. The van der Waals surface area contributed by atoms with Crippen LogP contribution in [0.1, 0.15) is 34.1 Å². The molecule has 6 bridgehead atoms. The molecule has 0 aromatic carbocycles. The lowest BCUT2D eigenvalue weighted by atomic mass is 9.85. The average Bonchev–Trinajstić information content (AvgIpc) is 2.48. The van der Waals surface area contributed by atoms with Crippen LogP contribution in [0.25, 0.3) is 0 Å². The molecule has 0 radical (unpaired) electrons. The second kappa shape index (κ2) is 2.79. The summed E-state index contributed by atoms with van der Waals surface area (Å²) < 4.78 is 6.30. The topological polar surface area (TPSA) is 26.3 Å². The highest BCUT2D eigenvalue weighted by molar-refractivity contribution is 5.79. The summed E-state index contributed by atoms with van der Waals surface area (Å²) in [6, 6.07) is 0. The molecule has 0 N–H and O–H groups in total. The lowest BCUT2D eigenvalue weighted by molar-refractivity contribution is -0.122. The molecule has 0 unspecified atom stereocenters. The zero-order valence-electron chi connectivity index (χ0n) is 11.1. The minimum Gasteiger partial charge on any atom is -0.372 e. The minimum atomic E-state index is -0.0273. The molecule has 17 heavy (non-hydrogen) atoms. The van der Waals surface area contributed by atoms with Crippen LogP contribution >= 0.6 is 0 Å². The number of ether oxygens (including phenoxy) is 1. The van der Waals surface area contributed by atoms with Crippen molar-refractivity contribution in [3.8, 4) is 0 Å². The maximum absolute atomic E-state index is 11.7. The van der Waals surface area contributed by atoms with Crippen molar-refractivity contribution in [2.24, 2.45) is 41.4 Å². The van der Waals surface area contributed by atoms with Crippen LogP contribution in [0.15, 0.2) is 0 Å². The number of hydrogen-bond donors (Lipinski definition) is 0. The van der Waals surface area contributed by atoms with Crippen molar-refractivity contribution in [1.29, 1.82) is 0 Å². The summed E-state index contributed by atoms with van der Waals surface area (Å²) in [5.74, 6) is 5.68. The molecule has 2 heteroatoms. The van der Waals surface area contributed by atoms with Gasteiger partial charge in [-0.1, -0.05) is 0 Å². The van der Waals surface area contributed by atoms with Gasteiger partial charge >= 0.3 is 0 Å². The third-order valence-corrected chi connectivity index (χ3v) is 5.83. The van der Waals surface area contributed by atoms with Crippen LogP contribution in [0.4, 0.5) is 0 Å². The third-order valence-electron chi connectivity index (χ3n) is 5.83. The number of carbonyl (C=O) groups is 1. The quantitative estimate of drug-likeness (QED) is 0.734. The molecule has 0 spiro atoms. The highest BCUT2D eigenvalue weighted by atomic mass is 16.5. The first kappa shape index (κ1) is 10.5. The summed E-state index contributed by atoms with van der Waals surface area (Å²) in [6.45, 7) is 8.26. The van der Waals surface area contributed by atoms with Crippen LogP contribution in [-0.2, 0) is 9.53 Å². The van der Waals surface area contributed by atoms with E-state index in [-0.39, 0.29) is 5.60 Å². The molecule has 0 saturated heterocycles. The number of carbonyl (C=O) groups excluding carboxylic acids is 1. The van der Waals surface area contributed by atoms with Gasteiger partial charge in [0.15, 0.2) is 0 Å². The van der Waals surface area contributed by atoms with Crippen LogP contribution in [0.5, 0.6) is 0 Å². The van der Waals surface area contributed by atoms with Gasteiger partial charge in [-0.15, -0.1) is 0 Å². The van der Waals surface area contributed by atoms with E-state index in [1.165, 1.54) is 6.42 Å².